The summed E-state index contributed by atoms with van der Waals surface area (Å²) in [5.41, 5.74) is 0.595. The number of nitrogens with zero attached hydrogens (tertiary/aromatic N) is 1. The zero-order valence-electron chi connectivity index (χ0n) is 12.3. The number of benzene rings is 1. The van der Waals surface area contributed by atoms with Crippen LogP contribution in [0, 0.1) is 0 Å². The van der Waals surface area contributed by atoms with E-state index in [0.717, 1.165) is 0 Å². The Kier molecular flexibility index (Phi) is 4.45. The average Bonchev–Trinajstić information content (AvgIpc) is 2.98. The normalized spacial score (nSPS) is 16.7. The van der Waals surface area contributed by atoms with Crippen molar-refractivity contribution in [3.05, 3.63) is 51.7 Å². The number of hydrogen-bond donors (Lipinski definition) is 1. The van der Waals surface area contributed by atoms with Crippen molar-refractivity contribution in [1.29, 1.82) is 0 Å². The summed E-state index contributed by atoms with van der Waals surface area (Å²) in [6.07, 6.45) is 1.36. The molecule has 24 heavy (non-hydrogen) atoms. The standard InChI is InChI=1S/C16H10Cl2N2O3S/c1-20-15(22)11(14(21)19-16(20)24)7-9-3-5-13(23-9)10-4-2-8(17)6-12(10)18/h2-7H,1H3,(H,19,21,24). The van der Waals surface area contributed by atoms with Crippen LogP contribution in [0.2, 0.25) is 10.0 Å². The lowest BCUT2D eigenvalue weighted by Gasteiger charge is -2.24. The molecule has 1 aliphatic rings. The van der Waals surface area contributed by atoms with Gasteiger partial charge in [0.1, 0.15) is 17.1 Å². The Hall–Kier alpha value is -2.15. The molecule has 1 saturated heterocycles. The van der Waals surface area contributed by atoms with Crippen molar-refractivity contribution >= 4 is 58.4 Å². The Morgan fingerprint density at radius 3 is 2.67 bits per heavy atom. The van der Waals surface area contributed by atoms with Gasteiger partial charge in [0.05, 0.1) is 5.02 Å². The first-order valence-electron chi connectivity index (χ1n) is 6.77. The van der Waals surface area contributed by atoms with Gasteiger partial charge >= 0.3 is 0 Å². The number of carbonyl (C=O) groups is 2. The smallest absolute Gasteiger partial charge is 0.265 e. The van der Waals surface area contributed by atoms with E-state index in [4.69, 9.17) is 39.8 Å². The summed E-state index contributed by atoms with van der Waals surface area (Å²) in [6.45, 7) is 0. The highest BCUT2D eigenvalue weighted by atomic mass is 35.5. The van der Waals surface area contributed by atoms with Crippen LogP contribution in [-0.2, 0) is 9.59 Å². The fraction of sp³-hybridized carbons (Fsp3) is 0.0625. The van der Waals surface area contributed by atoms with Gasteiger partial charge in [0.2, 0.25) is 0 Å². The Bertz CT molecular complexity index is 904. The minimum absolute atomic E-state index is 0.0609. The van der Waals surface area contributed by atoms with Crippen LogP contribution in [0.5, 0.6) is 0 Å². The van der Waals surface area contributed by atoms with Gasteiger partial charge in [0, 0.05) is 17.6 Å². The van der Waals surface area contributed by atoms with E-state index in [9.17, 15) is 9.59 Å². The number of amides is 2. The first kappa shape index (κ1) is 16.7. The molecule has 0 saturated carbocycles. The summed E-state index contributed by atoms with van der Waals surface area (Å²) in [5.74, 6) is -0.219. The molecule has 122 valence electrons. The molecule has 3 rings (SSSR count). The second kappa shape index (κ2) is 6.39. The summed E-state index contributed by atoms with van der Waals surface area (Å²) in [5, 5.41) is 3.45. The molecule has 2 aromatic rings. The molecule has 0 unspecified atom stereocenters. The van der Waals surface area contributed by atoms with Crippen molar-refractivity contribution in [1.82, 2.24) is 10.2 Å². The Labute approximate surface area is 152 Å². The lowest BCUT2D eigenvalue weighted by atomic mass is 10.1. The fourth-order valence-electron chi connectivity index (χ4n) is 2.15. The first-order valence-corrected chi connectivity index (χ1v) is 7.93. The number of halogens is 2. The van der Waals surface area contributed by atoms with Gasteiger partial charge in [-0.2, -0.15) is 0 Å². The zero-order valence-corrected chi connectivity index (χ0v) is 14.6. The molecule has 5 nitrogen and oxygen atoms in total. The molecule has 1 fully saturated rings. The van der Waals surface area contributed by atoms with E-state index in [1.54, 1.807) is 30.3 Å². The predicted octanol–water partition coefficient (Wildman–Crippen LogP) is 3.51. The lowest BCUT2D eigenvalue weighted by molar-refractivity contribution is -0.128. The third kappa shape index (κ3) is 3.08. The number of thiocarbonyl (C=S) groups is 1. The Balaban J connectivity index is 1.95. The van der Waals surface area contributed by atoms with Crippen LogP contribution in [0.25, 0.3) is 17.4 Å². The van der Waals surface area contributed by atoms with Crippen LogP contribution in [-0.4, -0.2) is 28.9 Å². The largest absolute Gasteiger partial charge is 0.457 e. The van der Waals surface area contributed by atoms with Gasteiger partial charge in [-0.1, -0.05) is 23.2 Å². The van der Waals surface area contributed by atoms with Crippen LogP contribution >= 0.6 is 35.4 Å². The van der Waals surface area contributed by atoms with Crippen LogP contribution in [0.15, 0.2) is 40.3 Å². The van der Waals surface area contributed by atoms with E-state index in [-0.39, 0.29) is 10.7 Å². The van der Waals surface area contributed by atoms with Crippen molar-refractivity contribution in [3.8, 4) is 11.3 Å². The summed E-state index contributed by atoms with van der Waals surface area (Å²) in [7, 11) is 1.49. The van der Waals surface area contributed by atoms with E-state index < -0.39 is 11.8 Å². The summed E-state index contributed by atoms with van der Waals surface area (Å²) in [6, 6.07) is 8.36. The lowest BCUT2D eigenvalue weighted by Crippen LogP contribution is -2.52. The molecular weight excluding hydrogens is 371 g/mol. The highest BCUT2D eigenvalue weighted by Crippen LogP contribution is 2.32. The monoisotopic (exact) mass is 380 g/mol. The Morgan fingerprint density at radius 2 is 1.96 bits per heavy atom. The molecule has 0 atom stereocenters. The van der Waals surface area contributed by atoms with Gasteiger partial charge in [0.25, 0.3) is 11.8 Å². The van der Waals surface area contributed by atoms with E-state index in [2.05, 4.69) is 5.32 Å². The third-order valence-corrected chi connectivity index (χ3v) is 4.34. The second-order valence-corrected chi connectivity index (χ2v) is 6.24. The van der Waals surface area contributed by atoms with E-state index in [0.29, 0.717) is 27.1 Å². The quantitative estimate of drug-likeness (QED) is 0.491. The maximum atomic E-state index is 12.2. The van der Waals surface area contributed by atoms with Crippen molar-refractivity contribution in [3.63, 3.8) is 0 Å². The number of furan rings is 1. The molecule has 0 bridgehead atoms. The molecule has 1 aromatic heterocycles. The molecule has 0 aliphatic carbocycles. The van der Waals surface area contributed by atoms with Crippen LogP contribution in [0.3, 0.4) is 0 Å². The zero-order chi connectivity index (χ0) is 17.4. The second-order valence-electron chi connectivity index (χ2n) is 5.01. The SMILES string of the molecule is CN1C(=O)C(=Cc2ccc(-c3ccc(Cl)cc3Cl)o2)C(=O)NC1=S. The maximum Gasteiger partial charge on any atom is 0.265 e. The van der Waals surface area contributed by atoms with Crippen molar-refractivity contribution in [2.75, 3.05) is 7.05 Å². The van der Waals surface area contributed by atoms with Gasteiger partial charge in [-0.05, 0) is 48.6 Å². The van der Waals surface area contributed by atoms with Crippen molar-refractivity contribution in [2.24, 2.45) is 0 Å². The fourth-order valence-corrected chi connectivity index (χ4v) is 2.83. The molecule has 1 aliphatic heterocycles. The molecule has 8 heteroatoms. The van der Waals surface area contributed by atoms with Crippen molar-refractivity contribution < 1.29 is 14.0 Å². The van der Waals surface area contributed by atoms with E-state index in [1.807, 2.05) is 0 Å². The maximum absolute atomic E-state index is 12.2. The highest BCUT2D eigenvalue weighted by molar-refractivity contribution is 7.80. The molecule has 2 heterocycles. The van der Waals surface area contributed by atoms with Gasteiger partial charge in [-0.3, -0.25) is 19.8 Å². The minimum Gasteiger partial charge on any atom is -0.457 e. The number of hydrogen-bond acceptors (Lipinski definition) is 4. The van der Waals surface area contributed by atoms with Crippen molar-refractivity contribution in [2.45, 2.75) is 0 Å². The van der Waals surface area contributed by atoms with E-state index in [1.165, 1.54) is 18.0 Å². The summed E-state index contributed by atoms with van der Waals surface area (Å²) < 4.78 is 5.66. The van der Waals surface area contributed by atoms with Crippen LogP contribution in [0.4, 0.5) is 0 Å². The predicted molar refractivity (Wildman–Crippen MR) is 95.7 cm³/mol. The van der Waals surface area contributed by atoms with Gasteiger partial charge in [0.15, 0.2) is 5.11 Å². The Morgan fingerprint density at radius 1 is 1.21 bits per heavy atom. The molecule has 0 spiro atoms. The molecule has 0 radical (unpaired) electrons. The van der Waals surface area contributed by atoms with E-state index >= 15 is 0 Å². The molecule has 2 amide bonds. The number of likely N-dealkylation sites (N-methyl/N-ethyl adjacent to an activating group) is 1. The third-order valence-electron chi connectivity index (χ3n) is 3.41. The minimum atomic E-state index is -0.564. The van der Waals surface area contributed by atoms with Gasteiger partial charge < -0.3 is 4.42 Å². The first-order chi connectivity index (χ1) is 11.4. The molecular formula is C16H10Cl2N2O3S. The van der Waals surface area contributed by atoms with Crippen LogP contribution in [0.1, 0.15) is 5.76 Å². The summed E-state index contributed by atoms with van der Waals surface area (Å²) in [4.78, 5) is 25.3. The van der Waals surface area contributed by atoms with Gasteiger partial charge in [-0.25, -0.2) is 0 Å². The number of nitrogens with one attached hydrogen (secondary N) is 1. The number of rotatable bonds is 2. The number of carbonyl (C=O) groups excluding carboxylic acids is 2. The highest BCUT2D eigenvalue weighted by Gasteiger charge is 2.31. The molecule has 1 N–H and O–H groups in total. The summed E-state index contributed by atoms with van der Waals surface area (Å²) >= 11 is 16.9. The average molecular weight is 381 g/mol. The molecule has 1 aromatic carbocycles. The van der Waals surface area contributed by atoms with Gasteiger partial charge in [-0.15, -0.1) is 0 Å². The topological polar surface area (TPSA) is 62.6 Å². The van der Waals surface area contributed by atoms with Crippen LogP contribution < -0.4 is 5.32 Å².